The molecule has 2 aromatic carbocycles. The van der Waals surface area contributed by atoms with Crippen LogP contribution in [0.15, 0.2) is 64.4 Å². The van der Waals surface area contributed by atoms with Crippen LogP contribution in [0.25, 0.3) is 22.4 Å². The van der Waals surface area contributed by atoms with Crippen molar-refractivity contribution in [1.29, 1.82) is 0 Å². The van der Waals surface area contributed by atoms with E-state index in [1.165, 1.54) is 23.9 Å². The van der Waals surface area contributed by atoms with E-state index in [0.29, 0.717) is 11.1 Å². The van der Waals surface area contributed by atoms with Gasteiger partial charge in [-0.15, -0.1) is 10.2 Å². The molecule has 0 radical (unpaired) electrons. The van der Waals surface area contributed by atoms with Crippen molar-refractivity contribution in [3.8, 4) is 11.5 Å². The summed E-state index contributed by atoms with van der Waals surface area (Å²) in [6, 6.07) is 14.4. The quantitative estimate of drug-likeness (QED) is 0.519. The molecule has 0 aliphatic rings. The van der Waals surface area contributed by atoms with E-state index in [1.54, 1.807) is 12.1 Å². The average Bonchev–Trinajstić information content (AvgIpc) is 3.22. The van der Waals surface area contributed by atoms with Crippen LogP contribution < -0.4 is 0 Å². The Labute approximate surface area is 142 Å². The smallest absolute Gasteiger partial charge is 0.277 e. The van der Waals surface area contributed by atoms with Crippen LogP contribution in [0.3, 0.4) is 0 Å². The summed E-state index contributed by atoms with van der Waals surface area (Å²) in [6.07, 6.45) is 1.87. The molecule has 0 unspecified atom stereocenters. The third kappa shape index (κ3) is 2.80. The molecule has 0 bridgehead atoms. The molecule has 0 saturated heterocycles. The van der Waals surface area contributed by atoms with E-state index in [4.69, 9.17) is 4.42 Å². The fraction of sp³-hybridized carbons (Fsp3) is 0.111. The van der Waals surface area contributed by atoms with Crippen molar-refractivity contribution >= 4 is 22.7 Å². The number of H-pyrrole nitrogens is 1. The SMILES string of the molecule is C[C@@H](Sc1nnc(-c2c[nH]c3ccccc23)o1)c1ccc(F)cc1. The van der Waals surface area contributed by atoms with E-state index in [0.717, 1.165) is 22.0 Å². The second-order valence-electron chi connectivity index (χ2n) is 5.43. The van der Waals surface area contributed by atoms with Crippen LogP contribution in [-0.4, -0.2) is 15.2 Å². The zero-order chi connectivity index (χ0) is 16.5. The van der Waals surface area contributed by atoms with Crippen LogP contribution in [-0.2, 0) is 0 Å². The monoisotopic (exact) mass is 339 g/mol. The maximum absolute atomic E-state index is 13.0. The summed E-state index contributed by atoms with van der Waals surface area (Å²) in [6.45, 7) is 2.02. The molecule has 0 aliphatic heterocycles. The Kier molecular flexibility index (Phi) is 3.82. The summed E-state index contributed by atoms with van der Waals surface area (Å²) in [5, 5.41) is 9.90. The number of nitrogens with zero attached hydrogens (tertiary/aromatic N) is 2. The van der Waals surface area contributed by atoms with Crippen molar-refractivity contribution in [2.75, 3.05) is 0 Å². The van der Waals surface area contributed by atoms with E-state index in [1.807, 2.05) is 37.4 Å². The molecule has 2 heterocycles. The zero-order valence-corrected chi connectivity index (χ0v) is 13.7. The summed E-state index contributed by atoms with van der Waals surface area (Å²) >= 11 is 1.45. The van der Waals surface area contributed by atoms with Gasteiger partial charge in [0.15, 0.2) is 0 Å². The standard InChI is InChI=1S/C18H14FN3OS/c1-11(12-6-8-13(19)9-7-12)24-18-22-21-17(23-18)15-10-20-16-5-3-2-4-14(15)16/h2-11,20H,1H3/t11-/m1/s1. The number of aromatic amines is 1. The third-order valence-electron chi connectivity index (χ3n) is 3.84. The number of aromatic nitrogens is 3. The average molecular weight is 339 g/mol. The van der Waals surface area contributed by atoms with E-state index < -0.39 is 0 Å². The van der Waals surface area contributed by atoms with Crippen LogP contribution in [0.4, 0.5) is 4.39 Å². The van der Waals surface area contributed by atoms with Gasteiger partial charge in [0, 0.05) is 22.3 Å². The van der Waals surface area contributed by atoms with Gasteiger partial charge in [0.25, 0.3) is 11.1 Å². The van der Waals surface area contributed by atoms with Crippen molar-refractivity contribution in [2.24, 2.45) is 0 Å². The van der Waals surface area contributed by atoms with Crippen molar-refractivity contribution in [1.82, 2.24) is 15.2 Å². The molecule has 6 heteroatoms. The number of rotatable bonds is 4. The van der Waals surface area contributed by atoms with Gasteiger partial charge in [-0.3, -0.25) is 0 Å². The van der Waals surface area contributed by atoms with Gasteiger partial charge in [-0.2, -0.15) is 0 Å². The summed E-state index contributed by atoms with van der Waals surface area (Å²) < 4.78 is 18.8. The molecule has 120 valence electrons. The van der Waals surface area contributed by atoms with Crippen molar-refractivity contribution in [2.45, 2.75) is 17.4 Å². The van der Waals surface area contributed by atoms with E-state index in [9.17, 15) is 4.39 Å². The number of hydrogen-bond acceptors (Lipinski definition) is 4. The molecule has 4 aromatic rings. The maximum Gasteiger partial charge on any atom is 0.277 e. The second kappa shape index (κ2) is 6.13. The highest BCUT2D eigenvalue weighted by atomic mass is 32.2. The topological polar surface area (TPSA) is 54.7 Å². The Morgan fingerprint density at radius 3 is 2.71 bits per heavy atom. The van der Waals surface area contributed by atoms with Gasteiger partial charge in [-0.05, 0) is 30.7 Å². The van der Waals surface area contributed by atoms with E-state index in [-0.39, 0.29) is 11.1 Å². The van der Waals surface area contributed by atoms with Crippen molar-refractivity contribution < 1.29 is 8.81 Å². The predicted molar refractivity (Wildman–Crippen MR) is 92.3 cm³/mol. The zero-order valence-electron chi connectivity index (χ0n) is 12.9. The lowest BCUT2D eigenvalue weighted by Crippen LogP contribution is -1.88. The molecule has 0 saturated carbocycles. The summed E-state index contributed by atoms with van der Waals surface area (Å²) in [5.74, 6) is 0.247. The lowest BCUT2D eigenvalue weighted by Gasteiger charge is -2.07. The molecule has 0 spiro atoms. The minimum Gasteiger partial charge on any atom is -0.411 e. The molecule has 1 atom stereocenters. The highest BCUT2D eigenvalue weighted by molar-refractivity contribution is 7.99. The number of nitrogens with one attached hydrogen (secondary N) is 1. The summed E-state index contributed by atoms with van der Waals surface area (Å²) in [5.41, 5.74) is 2.92. The van der Waals surface area contributed by atoms with Crippen LogP contribution in [0.5, 0.6) is 0 Å². The molecule has 2 aromatic heterocycles. The third-order valence-corrected chi connectivity index (χ3v) is 4.84. The van der Waals surface area contributed by atoms with Gasteiger partial charge in [0.1, 0.15) is 5.82 Å². The van der Waals surface area contributed by atoms with Gasteiger partial charge in [-0.1, -0.05) is 42.1 Å². The normalized spacial score (nSPS) is 12.6. The molecule has 4 rings (SSSR count). The Hall–Kier alpha value is -2.60. The van der Waals surface area contributed by atoms with E-state index in [2.05, 4.69) is 15.2 Å². The Bertz CT molecular complexity index is 977. The minimum absolute atomic E-state index is 0.0851. The molecule has 0 aliphatic carbocycles. The molecular weight excluding hydrogens is 325 g/mol. The lowest BCUT2D eigenvalue weighted by atomic mass is 10.2. The lowest BCUT2D eigenvalue weighted by molar-refractivity contribution is 0.465. The minimum atomic E-state index is -0.240. The number of para-hydroxylation sites is 1. The van der Waals surface area contributed by atoms with Crippen LogP contribution in [0, 0.1) is 5.82 Å². The number of thioether (sulfide) groups is 1. The number of fused-ring (bicyclic) bond motifs is 1. The van der Waals surface area contributed by atoms with Gasteiger partial charge in [-0.25, -0.2) is 4.39 Å². The van der Waals surface area contributed by atoms with Gasteiger partial charge < -0.3 is 9.40 Å². The summed E-state index contributed by atoms with van der Waals surface area (Å²) in [4.78, 5) is 3.20. The Balaban J connectivity index is 1.57. The highest BCUT2D eigenvalue weighted by Gasteiger charge is 2.16. The van der Waals surface area contributed by atoms with Crippen LogP contribution >= 0.6 is 11.8 Å². The van der Waals surface area contributed by atoms with Crippen LogP contribution in [0.2, 0.25) is 0 Å². The maximum atomic E-state index is 13.0. The largest absolute Gasteiger partial charge is 0.411 e. The van der Waals surface area contributed by atoms with Gasteiger partial charge in [0.2, 0.25) is 0 Å². The first-order chi connectivity index (χ1) is 11.7. The first-order valence-electron chi connectivity index (χ1n) is 7.53. The number of benzene rings is 2. The summed E-state index contributed by atoms with van der Waals surface area (Å²) in [7, 11) is 0. The molecule has 1 N–H and O–H groups in total. The van der Waals surface area contributed by atoms with Crippen molar-refractivity contribution in [3.05, 3.63) is 66.1 Å². The van der Waals surface area contributed by atoms with Gasteiger partial charge >= 0.3 is 0 Å². The van der Waals surface area contributed by atoms with Gasteiger partial charge in [0.05, 0.1) is 5.56 Å². The predicted octanol–water partition coefficient (Wildman–Crippen LogP) is 5.21. The Morgan fingerprint density at radius 2 is 1.88 bits per heavy atom. The molecule has 4 nitrogen and oxygen atoms in total. The fourth-order valence-corrected chi connectivity index (χ4v) is 3.38. The fourth-order valence-electron chi connectivity index (χ4n) is 2.57. The second-order valence-corrected chi connectivity index (χ2v) is 6.72. The molecule has 0 fully saturated rings. The number of halogens is 1. The first kappa shape index (κ1) is 15.0. The first-order valence-corrected chi connectivity index (χ1v) is 8.41. The van der Waals surface area contributed by atoms with Crippen LogP contribution in [0.1, 0.15) is 17.7 Å². The van der Waals surface area contributed by atoms with E-state index >= 15 is 0 Å². The van der Waals surface area contributed by atoms with Crippen molar-refractivity contribution in [3.63, 3.8) is 0 Å². The Morgan fingerprint density at radius 1 is 1.08 bits per heavy atom. The number of hydrogen-bond donors (Lipinski definition) is 1. The highest BCUT2D eigenvalue weighted by Crippen LogP contribution is 2.36. The molecule has 0 amide bonds. The molecule has 24 heavy (non-hydrogen) atoms. The molecular formula is C18H14FN3OS.